The van der Waals surface area contributed by atoms with Crippen LogP contribution in [0.4, 0.5) is 0 Å². The Labute approximate surface area is 369 Å². The van der Waals surface area contributed by atoms with Crippen LogP contribution in [0.2, 0.25) is 0 Å². The molecule has 1 aromatic rings. The van der Waals surface area contributed by atoms with E-state index >= 15 is 0 Å². The normalized spacial score (nSPS) is 16.8. The van der Waals surface area contributed by atoms with Gasteiger partial charge in [-0.2, -0.15) is 0 Å². The molecule has 1 aromatic heterocycles. The van der Waals surface area contributed by atoms with Crippen LogP contribution in [0, 0.1) is 13.8 Å². The van der Waals surface area contributed by atoms with E-state index in [1.54, 1.807) is 0 Å². The van der Waals surface area contributed by atoms with Crippen LogP contribution < -0.4 is 5.73 Å². The molecule has 1 saturated heterocycles. The molecule has 0 aromatic carbocycles. The van der Waals surface area contributed by atoms with E-state index in [-0.39, 0.29) is 32.6 Å². The van der Waals surface area contributed by atoms with Gasteiger partial charge in [-0.05, 0) is 82.8 Å². The molecule has 61 heavy (non-hydrogen) atoms. The first-order valence-electron chi connectivity index (χ1n) is 23.9. The Bertz CT molecular complexity index is 1440. The second-order valence-corrected chi connectivity index (χ2v) is 18.0. The number of aryl methyl sites for hydroxylation is 2. The predicted molar refractivity (Wildman–Crippen MR) is 245 cm³/mol. The summed E-state index contributed by atoms with van der Waals surface area (Å²) in [5.74, 6) is 1.46. The standard InChI is InChI=1S/C49H84NO10P/c1-5-7-25-31-44-41(3)42(4)45(59-44)32-27-21-17-13-9-11-15-19-23-29-35-48(51)55-39-43(40-57-61(53,54)56-38-37-50)58-49(52)36-30-24-20-16-12-10-14-18-22-28-34-47-46(60-47)33-26-8-6-2/h10,14,16,20,22,28,43,46-47H,5-9,11-13,15,17-19,21,23-27,29-40,50H2,1-4H3,(H,53,54)/b14-10-,20-16-,28-22-/t43-,46?,47?/m1/s1. The van der Waals surface area contributed by atoms with Crippen LogP contribution in [0.15, 0.2) is 40.9 Å². The van der Waals surface area contributed by atoms with Gasteiger partial charge < -0.3 is 29.3 Å². The highest BCUT2D eigenvalue weighted by molar-refractivity contribution is 7.47. The Balaban J connectivity index is 1.55. The number of furan rings is 1. The largest absolute Gasteiger partial charge is 0.472 e. The minimum atomic E-state index is -4.41. The second-order valence-electron chi connectivity index (χ2n) is 16.6. The molecular weight excluding hydrogens is 794 g/mol. The third kappa shape index (κ3) is 28.0. The van der Waals surface area contributed by atoms with Crippen molar-refractivity contribution in [2.45, 2.75) is 213 Å². The molecule has 3 unspecified atom stereocenters. The SMILES string of the molecule is CCCCCc1oc(CCCCCCCCCCCCC(=O)OC[C@H](COP(=O)(O)OCCN)OC(=O)CCC/C=C\C/C=C\C/C=C\CC2OC2CCCCC)c(C)c1C. The third-order valence-electron chi connectivity index (χ3n) is 11.2. The van der Waals surface area contributed by atoms with E-state index in [1.807, 2.05) is 6.08 Å². The second kappa shape index (κ2) is 34.9. The van der Waals surface area contributed by atoms with Crippen molar-refractivity contribution >= 4 is 19.8 Å². The molecule has 0 saturated carbocycles. The number of unbranched alkanes of at least 4 members (excludes halogenated alkanes) is 14. The smallest absolute Gasteiger partial charge is 0.466 e. The van der Waals surface area contributed by atoms with Crippen molar-refractivity contribution in [1.29, 1.82) is 0 Å². The molecule has 11 nitrogen and oxygen atoms in total. The van der Waals surface area contributed by atoms with E-state index < -0.39 is 32.5 Å². The number of phosphoric acid groups is 1. The Morgan fingerprint density at radius 3 is 1.89 bits per heavy atom. The van der Waals surface area contributed by atoms with Gasteiger partial charge in [0.15, 0.2) is 6.10 Å². The maximum absolute atomic E-state index is 12.6. The molecule has 0 aliphatic carbocycles. The molecule has 0 amide bonds. The van der Waals surface area contributed by atoms with Crippen LogP contribution in [-0.4, -0.2) is 61.5 Å². The van der Waals surface area contributed by atoms with E-state index in [1.165, 1.54) is 106 Å². The number of allylic oxidation sites excluding steroid dienone is 5. The van der Waals surface area contributed by atoms with Gasteiger partial charge in [-0.25, -0.2) is 4.57 Å². The zero-order chi connectivity index (χ0) is 44.4. The van der Waals surface area contributed by atoms with Crippen molar-refractivity contribution in [3.63, 3.8) is 0 Å². The maximum Gasteiger partial charge on any atom is 0.472 e. The number of esters is 2. The number of phosphoric ester groups is 1. The number of rotatable bonds is 40. The lowest BCUT2D eigenvalue weighted by atomic mass is 10.0. The fourth-order valence-electron chi connectivity index (χ4n) is 7.19. The van der Waals surface area contributed by atoms with Crippen LogP contribution in [0.3, 0.4) is 0 Å². The van der Waals surface area contributed by atoms with Gasteiger partial charge in [-0.15, -0.1) is 0 Å². The van der Waals surface area contributed by atoms with Crippen molar-refractivity contribution < 1.29 is 46.7 Å². The molecule has 1 fully saturated rings. The Kier molecular flexibility index (Phi) is 31.2. The van der Waals surface area contributed by atoms with Crippen molar-refractivity contribution in [2.24, 2.45) is 5.73 Å². The lowest BCUT2D eigenvalue weighted by molar-refractivity contribution is -0.161. The topological polar surface area (TPSA) is 160 Å². The maximum atomic E-state index is 12.6. The monoisotopic (exact) mass is 878 g/mol. The summed E-state index contributed by atoms with van der Waals surface area (Å²) in [7, 11) is -4.41. The van der Waals surface area contributed by atoms with Gasteiger partial charge in [-0.1, -0.05) is 134 Å². The first kappa shape index (κ1) is 54.6. The van der Waals surface area contributed by atoms with Gasteiger partial charge in [0.05, 0.1) is 25.4 Å². The molecular formula is C49H84NO10P. The molecule has 1 aliphatic heterocycles. The molecule has 2 rings (SSSR count). The number of ether oxygens (including phenoxy) is 3. The summed E-state index contributed by atoms with van der Waals surface area (Å²) in [6.07, 6.45) is 38.9. The van der Waals surface area contributed by atoms with E-state index in [0.717, 1.165) is 51.4 Å². The van der Waals surface area contributed by atoms with E-state index in [2.05, 4.69) is 58.1 Å². The van der Waals surface area contributed by atoms with Crippen molar-refractivity contribution in [2.75, 3.05) is 26.4 Å². The van der Waals surface area contributed by atoms with Gasteiger partial charge in [0.25, 0.3) is 0 Å². The number of hydrogen-bond donors (Lipinski definition) is 2. The van der Waals surface area contributed by atoms with Crippen LogP contribution in [0.5, 0.6) is 0 Å². The fraction of sp³-hybridized carbons (Fsp3) is 0.755. The van der Waals surface area contributed by atoms with Crippen molar-refractivity contribution in [3.05, 3.63) is 59.1 Å². The summed E-state index contributed by atoms with van der Waals surface area (Å²) in [6.45, 7) is 7.98. The highest BCUT2D eigenvalue weighted by atomic mass is 31.2. The van der Waals surface area contributed by atoms with E-state index in [9.17, 15) is 19.0 Å². The van der Waals surface area contributed by atoms with Crippen LogP contribution in [0.25, 0.3) is 0 Å². The Morgan fingerprint density at radius 2 is 1.25 bits per heavy atom. The van der Waals surface area contributed by atoms with Crippen LogP contribution in [0.1, 0.15) is 191 Å². The molecule has 0 bridgehead atoms. The lowest BCUT2D eigenvalue weighted by Crippen LogP contribution is -2.29. The van der Waals surface area contributed by atoms with E-state index in [0.29, 0.717) is 31.5 Å². The molecule has 1 aliphatic rings. The lowest BCUT2D eigenvalue weighted by Gasteiger charge is -2.19. The van der Waals surface area contributed by atoms with Gasteiger partial charge in [0.1, 0.15) is 18.1 Å². The summed E-state index contributed by atoms with van der Waals surface area (Å²) in [5.41, 5.74) is 8.05. The Hall–Kier alpha value is -2.53. The summed E-state index contributed by atoms with van der Waals surface area (Å²) in [6, 6.07) is 0. The first-order chi connectivity index (χ1) is 29.6. The third-order valence-corrected chi connectivity index (χ3v) is 12.1. The van der Waals surface area contributed by atoms with Gasteiger partial charge >= 0.3 is 19.8 Å². The molecule has 0 radical (unpaired) electrons. The van der Waals surface area contributed by atoms with Crippen LogP contribution in [-0.2, 0) is 50.3 Å². The first-order valence-corrected chi connectivity index (χ1v) is 25.4. The molecule has 2 heterocycles. The molecule has 350 valence electrons. The molecule has 4 atom stereocenters. The summed E-state index contributed by atoms with van der Waals surface area (Å²) < 4.78 is 44.8. The molecule has 0 spiro atoms. The highest BCUT2D eigenvalue weighted by Crippen LogP contribution is 2.43. The van der Waals surface area contributed by atoms with E-state index in [4.69, 9.17) is 33.4 Å². The number of epoxide rings is 1. The number of hydrogen-bond acceptors (Lipinski definition) is 10. The zero-order valence-corrected chi connectivity index (χ0v) is 39.4. The van der Waals surface area contributed by atoms with Gasteiger partial charge in [0.2, 0.25) is 0 Å². The number of nitrogens with two attached hydrogens (primary N) is 1. The predicted octanol–water partition coefficient (Wildman–Crippen LogP) is 12.4. The summed E-state index contributed by atoms with van der Waals surface area (Å²) >= 11 is 0. The van der Waals surface area contributed by atoms with Crippen LogP contribution >= 0.6 is 7.82 Å². The number of carbonyl (C=O) groups excluding carboxylic acids is 2. The fourth-order valence-corrected chi connectivity index (χ4v) is 7.96. The average Bonchev–Trinajstić information content (AvgIpc) is 3.94. The summed E-state index contributed by atoms with van der Waals surface area (Å²) in [5, 5.41) is 0. The quantitative estimate of drug-likeness (QED) is 0.0212. The minimum Gasteiger partial charge on any atom is -0.466 e. The summed E-state index contributed by atoms with van der Waals surface area (Å²) in [4.78, 5) is 35.0. The van der Waals surface area contributed by atoms with Gasteiger partial charge in [-0.3, -0.25) is 18.6 Å². The Morgan fingerprint density at radius 1 is 0.689 bits per heavy atom. The van der Waals surface area contributed by atoms with Crippen molar-refractivity contribution in [1.82, 2.24) is 0 Å². The zero-order valence-electron chi connectivity index (χ0n) is 38.6. The molecule has 3 N–H and O–H groups in total. The van der Waals surface area contributed by atoms with Gasteiger partial charge in [0, 0.05) is 32.2 Å². The average molecular weight is 878 g/mol. The minimum absolute atomic E-state index is 0.0372. The molecule has 12 heteroatoms. The highest BCUT2D eigenvalue weighted by Gasteiger charge is 2.36. The van der Waals surface area contributed by atoms with Crippen molar-refractivity contribution in [3.8, 4) is 0 Å². The number of carbonyl (C=O) groups is 2.